The summed E-state index contributed by atoms with van der Waals surface area (Å²) < 4.78 is 61.3. The molecule has 5 unspecified atom stereocenters. The molecule has 0 fully saturated rings. The zero-order chi connectivity index (χ0) is 79.4. The minimum absolute atomic E-state index is 0.0791. The van der Waals surface area contributed by atoms with Gasteiger partial charge in [0.05, 0.1) is 26.4 Å². The molecule has 5 atom stereocenters. The average Bonchev–Trinajstić information content (AvgIpc) is 0.900. The summed E-state index contributed by atoms with van der Waals surface area (Å²) in [6, 6.07) is 0. The number of phosphoric acid groups is 2. The predicted octanol–water partition coefficient (Wildman–Crippen LogP) is 25.8. The molecule has 18 heteroatoms. The average molecular weight is 1570 g/mol. The van der Waals surface area contributed by atoms with Crippen LogP contribution in [0, 0.1) is 0 Å². The Morgan fingerprint density at radius 3 is 0.771 bits per heavy atom. The highest BCUT2D eigenvalue weighted by Crippen LogP contribution is 2.45. The topological polar surface area (TPSA) is 231 Å². The lowest BCUT2D eigenvalue weighted by Gasteiger charge is -2.21. The molecule has 0 radical (unpaired) electrons. The van der Waals surface area contributed by atoms with Gasteiger partial charge in [-0.3, -0.25) is 32.5 Å². The number of hydrogen-bond acceptors (Lipinski definition) is 14. The van der Waals surface area contributed by atoms with Crippen LogP contribution in [-0.4, -0.2) is 95.9 Å². The van der Waals surface area contributed by atoms with Gasteiger partial charge in [-0.2, -0.15) is 0 Å². The van der Waals surface area contributed by atoms with E-state index in [1.54, 1.807) is 0 Å². The summed E-state index contributed by atoms with van der Waals surface area (Å²) >= 11 is 0. The summed E-state index contributed by atoms with van der Waals surface area (Å²) in [7, 11) is -9.82. The third-order valence-electron chi connectivity index (χ3n) is 17.7. The van der Waals surface area contributed by atoms with Crippen LogP contribution < -0.4 is 0 Å². The first kappa shape index (κ1) is 104. The SMILES string of the molecule is CC/C=C\C/C=C\C/C=C\C/C=C\C/C=C\C/C=C\CCCCCCC(=O)OCC(COP(=O)(O)OCC(O)COP(=O)(O)OCC(O)COC(=O)CCCCCCCCCCCCCCCCC/C=C\C/C=C\C/C=C\C/C=C\CCCCC)OC(=O)CCCCCCCC/C=C\C/C=C\C/C=C\CCCCC. The van der Waals surface area contributed by atoms with E-state index in [1.165, 1.54) is 122 Å². The number of hydrogen-bond donors (Lipinski definition) is 4. The zero-order valence-corrected chi connectivity index (χ0v) is 70.2. The molecule has 0 heterocycles. The molecule has 0 rings (SSSR count). The van der Waals surface area contributed by atoms with Crippen LogP contribution in [0.3, 0.4) is 0 Å². The van der Waals surface area contributed by atoms with Crippen LogP contribution in [0.25, 0.3) is 0 Å². The fourth-order valence-electron chi connectivity index (χ4n) is 11.2. The van der Waals surface area contributed by atoms with Crippen LogP contribution in [0.2, 0.25) is 0 Å². The van der Waals surface area contributed by atoms with Crippen molar-refractivity contribution < 1.29 is 75.8 Å². The summed E-state index contributed by atoms with van der Waals surface area (Å²) in [5, 5.41) is 20.7. The largest absolute Gasteiger partial charge is 0.472 e. The quantitative estimate of drug-likeness (QED) is 0.0146. The van der Waals surface area contributed by atoms with E-state index in [-0.39, 0.29) is 19.3 Å². The normalized spacial score (nSPS) is 14.7. The van der Waals surface area contributed by atoms with E-state index in [0.717, 1.165) is 161 Å². The summed E-state index contributed by atoms with van der Waals surface area (Å²) in [5.74, 6) is -1.62. The third kappa shape index (κ3) is 83.9. The third-order valence-corrected chi connectivity index (χ3v) is 19.6. The maximum absolute atomic E-state index is 13.0. The van der Waals surface area contributed by atoms with Gasteiger partial charge in [-0.05, 0) is 154 Å². The van der Waals surface area contributed by atoms with Gasteiger partial charge in [0.2, 0.25) is 0 Å². The van der Waals surface area contributed by atoms with Crippen molar-refractivity contribution in [3.8, 4) is 0 Å². The van der Waals surface area contributed by atoms with Crippen molar-refractivity contribution >= 4 is 33.6 Å². The fraction of sp³-hybridized carbons (Fsp3) is 0.681. The van der Waals surface area contributed by atoms with Gasteiger partial charge in [0, 0.05) is 19.3 Å². The van der Waals surface area contributed by atoms with Crippen molar-refractivity contribution in [3.05, 3.63) is 158 Å². The highest BCUT2D eigenvalue weighted by molar-refractivity contribution is 7.47. The summed E-state index contributed by atoms with van der Waals surface area (Å²) in [4.78, 5) is 58.8. The number of rotatable bonds is 80. The number of ether oxygens (including phenoxy) is 3. The number of carbonyl (C=O) groups is 3. The number of carbonyl (C=O) groups excluding carboxylic acids is 3. The molecule has 0 bridgehead atoms. The van der Waals surface area contributed by atoms with Gasteiger partial charge in [-0.25, -0.2) is 9.13 Å². The maximum Gasteiger partial charge on any atom is 0.472 e. The van der Waals surface area contributed by atoms with E-state index in [4.69, 9.17) is 32.3 Å². The molecule has 0 aliphatic heterocycles. The first-order valence-corrected chi connectivity index (χ1v) is 45.8. The lowest BCUT2D eigenvalue weighted by Crippen LogP contribution is -2.30. The first-order valence-electron chi connectivity index (χ1n) is 42.8. The molecule has 0 aliphatic rings. The second kappa shape index (κ2) is 82.6. The molecule has 0 amide bonds. The molecule has 0 saturated heterocycles. The van der Waals surface area contributed by atoms with E-state index in [0.29, 0.717) is 19.3 Å². The molecule has 0 aromatic carbocycles. The Kier molecular flexibility index (Phi) is 79.0. The second-order valence-corrected chi connectivity index (χ2v) is 31.2. The van der Waals surface area contributed by atoms with Crippen LogP contribution >= 0.6 is 15.6 Å². The number of unbranched alkanes of at least 4 members (excludes halogenated alkanes) is 31. The molecular weight excluding hydrogens is 1410 g/mol. The Bertz CT molecular complexity index is 2610. The first-order chi connectivity index (χ1) is 53.2. The molecule has 4 N–H and O–H groups in total. The van der Waals surface area contributed by atoms with Gasteiger partial charge >= 0.3 is 33.6 Å². The molecule has 0 aromatic heterocycles. The van der Waals surface area contributed by atoms with Crippen LogP contribution in [0.1, 0.15) is 342 Å². The Labute approximate surface area is 663 Å². The Balaban J connectivity index is 4.60. The van der Waals surface area contributed by atoms with E-state index in [9.17, 15) is 43.5 Å². The fourth-order valence-corrected chi connectivity index (χ4v) is 12.8. The van der Waals surface area contributed by atoms with Gasteiger partial charge in [0.25, 0.3) is 0 Å². The number of allylic oxidation sites excluding steroid dienone is 26. The minimum atomic E-state index is -4.95. The van der Waals surface area contributed by atoms with Crippen LogP contribution in [-0.2, 0) is 55.8 Å². The Morgan fingerprint density at radius 1 is 0.266 bits per heavy atom. The summed E-state index contributed by atoms with van der Waals surface area (Å²) in [6.45, 7) is 2.49. The van der Waals surface area contributed by atoms with Crippen molar-refractivity contribution in [1.29, 1.82) is 0 Å². The van der Waals surface area contributed by atoms with E-state index >= 15 is 0 Å². The van der Waals surface area contributed by atoms with E-state index in [2.05, 4.69) is 179 Å². The molecular formula is C91H154O16P2. The molecule has 16 nitrogen and oxygen atoms in total. The number of aliphatic hydroxyl groups is 2. The maximum atomic E-state index is 13.0. The lowest BCUT2D eigenvalue weighted by atomic mass is 10.0. The van der Waals surface area contributed by atoms with Crippen molar-refractivity contribution in [2.45, 2.75) is 360 Å². The van der Waals surface area contributed by atoms with Gasteiger partial charge in [0.1, 0.15) is 25.4 Å². The summed E-state index contributed by atoms with van der Waals surface area (Å²) in [6.07, 6.45) is 104. The lowest BCUT2D eigenvalue weighted by molar-refractivity contribution is -0.161. The highest BCUT2D eigenvalue weighted by Gasteiger charge is 2.29. The van der Waals surface area contributed by atoms with Gasteiger partial charge in [-0.1, -0.05) is 326 Å². The van der Waals surface area contributed by atoms with E-state index < -0.39 is 91.5 Å². The number of phosphoric ester groups is 2. The molecule has 0 aliphatic carbocycles. The van der Waals surface area contributed by atoms with Crippen LogP contribution in [0.15, 0.2) is 158 Å². The monoisotopic (exact) mass is 1570 g/mol. The summed E-state index contributed by atoms with van der Waals surface area (Å²) in [5.41, 5.74) is 0. The van der Waals surface area contributed by atoms with Crippen LogP contribution in [0.5, 0.6) is 0 Å². The number of aliphatic hydroxyl groups excluding tert-OH is 2. The molecule has 0 saturated carbocycles. The Hall–Kier alpha value is -4.83. The molecule has 0 aromatic rings. The minimum Gasteiger partial charge on any atom is -0.463 e. The smallest absolute Gasteiger partial charge is 0.463 e. The standard InChI is InChI=1S/C91H154O16P2/c1-4-7-10-13-16-19-22-25-28-31-34-36-38-39-40-41-42-43-44-45-47-49-51-53-56-59-62-65-68-71-74-77-89(94)101-80-86(92)81-103-108(97,98)104-82-87(93)83-105-109(99,100)106-85-88(107-91(96)79-76-73-70-67-64-61-58-55-50-33-30-27-24-21-18-15-12-9-6-3)84-102-90(95)78-75-72-69-66-63-60-57-54-52-48-46-37-35-32-29-26-23-20-17-14-11-8-5-2/h8,11,16-21,25-30,34-37,39-40,48,50,52,55,57,60,86-88,92-93H,4-7,9-10,12-15,22-24,31-33,38,41-47,49,51,53-54,56,58-59,61-85H2,1-3H3,(H,97,98)(H,99,100)/b11-8-,19-16-,20-17-,21-18-,28-25-,29-26-,30-27-,36-34-,37-35-,40-39-,52-48-,55-50-,60-57-. The zero-order valence-electron chi connectivity index (χ0n) is 68.4. The van der Waals surface area contributed by atoms with Gasteiger partial charge < -0.3 is 34.2 Å². The van der Waals surface area contributed by atoms with E-state index in [1.807, 2.05) is 0 Å². The molecule has 624 valence electrons. The van der Waals surface area contributed by atoms with Crippen LogP contribution in [0.4, 0.5) is 0 Å². The van der Waals surface area contributed by atoms with Crippen molar-refractivity contribution in [2.24, 2.45) is 0 Å². The Morgan fingerprint density at radius 2 is 0.486 bits per heavy atom. The number of esters is 3. The van der Waals surface area contributed by atoms with Crippen molar-refractivity contribution in [3.63, 3.8) is 0 Å². The highest BCUT2D eigenvalue weighted by atomic mass is 31.2. The molecule has 109 heavy (non-hydrogen) atoms. The van der Waals surface area contributed by atoms with Crippen molar-refractivity contribution in [2.75, 3.05) is 39.6 Å². The van der Waals surface area contributed by atoms with Gasteiger partial charge in [-0.15, -0.1) is 0 Å². The predicted molar refractivity (Wildman–Crippen MR) is 454 cm³/mol. The van der Waals surface area contributed by atoms with Crippen molar-refractivity contribution in [1.82, 2.24) is 0 Å². The second-order valence-electron chi connectivity index (χ2n) is 28.2. The van der Waals surface area contributed by atoms with Gasteiger partial charge in [0.15, 0.2) is 6.10 Å². The molecule has 0 spiro atoms.